The summed E-state index contributed by atoms with van der Waals surface area (Å²) in [4.78, 5) is 30.3. The highest BCUT2D eigenvalue weighted by atomic mass is 16.6. The number of aryl methyl sites for hydroxylation is 1. The number of ether oxygens (including phenoxy) is 2. The van der Waals surface area contributed by atoms with Gasteiger partial charge in [0.25, 0.3) is 5.91 Å². The molecule has 0 saturated heterocycles. The summed E-state index contributed by atoms with van der Waals surface area (Å²) in [6.45, 7) is 9.04. The number of amides is 2. The second-order valence-corrected chi connectivity index (χ2v) is 11.1. The number of nitrogens with zero attached hydrogens (tertiary/aromatic N) is 3. The summed E-state index contributed by atoms with van der Waals surface area (Å²) in [6, 6.07) is 15.6. The van der Waals surface area contributed by atoms with Crippen molar-refractivity contribution in [1.82, 2.24) is 14.4 Å². The minimum absolute atomic E-state index is 0.133. The fourth-order valence-electron chi connectivity index (χ4n) is 5.22. The topological polar surface area (TPSA) is 84.2 Å². The Hall–Kier alpha value is -3.36. The van der Waals surface area contributed by atoms with E-state index in [1.807, 2.05) is 87.8 Å². The number of rotatable bonds is 6. The van der Waals surface area contributed by atoms with Crippen LogP contribution in [0.1, 0.15) is 43.7 Å². The third kappa shape index (κ3) is 5.97. The Kier molecular flexibility index (Phi) is 8.97. The first-order chi connectivity index (χ1) is 18.6. The molecule has 2 heterocycles. The summed E-state index contributed by atoms with van der Waals surface area (Å²) in [7, 11) is 3.63. The third-order valence-corrected chi connectivity index (χ3v) is 7.53. The zero-order valence-electron chi connectivity index (χ0n) is 23.9. The Morgan fingerprint density at radius 1 is 1.15 bits per heavy atom. The Morgan fingerprint density at radius 3 is 2.56 bits per heavy atom. The van der Waals surface area contributed by atoms with Gasteiger partial charge in [-0.2, -0.15) is 0 Å². The molecular formula is C31H41N3O5. The maximum atomic E-state index is 14.4. The molecule has 0 unspecified atom stereocenters. The van der Waals surface area contributed by atoms with Crippen molar-refractivity contribution >= 4 is 22.9 Å². The van der Waals surface area contributed by atoms with Crippen LogP contribution in [0.15, 0.2) is 48.5 Å². The molecule has 8 nitrogen and oxygen atoms in total. The number of carbonyl (C=O) groups excluding carboxylic acids is 2. The molecule has 0 radical (unpaired) electrons. The van der Waals surface area contributed by atoms with Gasteiger partial charge in [0.05, 0.1) is 38.5 Å². The van der Waals surface area contributed by atoms with Crippen LogP contribution < -0.4 is 0 Å². The first-order valence-corrected chi connectivity index (χ1v) is 13.7. The molecule has 1 aliphatic rings. The summed E-state index contributed by atoms with van der Waals surface area (Å²) in [5.41, 5.74) is 4.32. The van der Waals surface area contributed by atoms with Gasteiger partial charge >= 0.3 is 6.09 Å². The van der Waals surface area contributed by atoms with Crippen molar-refractivity contribution in [2.45, 2.75) is 46.4 Å². The monoisotopic (exact) mass is 535 g/mol. The maximum Gasteiger partial charge on any atom is 0.409 e. The number of hydrogen-bond acceptors (Lipinski definition) is 5. The highest BCUT2D eigenvalue weighted by Crippen LogP contribution is 2.38. The standard InChI is InChI=1S/C31H41N3O5/c1-20(2)18-39-31(37)32(5)16-27-21(3)15-34(22(4)17-35)30(36)29-28(24-12-8-7-11-23(24)19-38-27)25-13-9-10-14-26(25)33(29)6/h7-14,20-22,27,35H,15-19H2,1-6H3/t21-,22+,27+/m0/s1. The summed E-state index contributed by atoms with van der Waals surface area (Å²) in [5, 5.41) is 11.1. The Morgan fingerprint density at radius 2 is 1.85 bits per heavy atom. The fourth-order valence-corrected chi connectivity index (χ4v) is 5.22. The van der Waals surface area contributed by atoms with Crippen LogP contribution in [0.2, 0.25) is 0 Å². The normalized spacial score (nSPS) is 18.9. The van der Waals surface area contributed by atoms with Gasteiger partial charge in [0.1, 0.15) is 5.69 Å². The van der Waals surface area contributed by atoms with Crippen LogP contribution in [-0.4, -0.2) is 77.0 Å². The molecular weight excluding hydrogens is 494 g/mol. The smallest absolute Gasteiger partial charge is 0.409 e. The van der Waals surface area contributed by atoms with E-state index < -0.39 is 12.1 Å². The third-order valence-electron chi connectivity index (χ3n) is 7.53. The Labute approximate surface area is 231 Å². The van der Waals surface area contributed by atoms with E-state index in [1.54, 1.807) is 16.8 Å². The number of para-hydroxylation sites is 1. The van der Waals surface area contributed by atoms with Crippen molar-refractivity contribution in [1.29, 1.82) is 0 Å². The number of likely N-dealkylation sites (N-methyl/N-ethyl adjacent to an activating group) is 1. The zero-order valence-corrected chi connectivity index (χ0v) is 23.9. The van der Waals surface area contributed by atoms with E-state index in [0.717, 1.165) is 27.6 Å². The number of fused-ring (bicyclic) bond motifs is 5. The second-order valence-electron chi connectivity index (χ2n) is 11.1. The van der Waals surface area contributed by atoms with Crippen molar-refractivity contribution in [3.05, 3.63) is 59.8 Å². The minimum Gasteiger partial charge on any atom is -0.449 e. The summed E-state index contributed by atoms with van der Waals surface area (Å²) in [6.07, 6.45) is -0.765. The molecule has 0 fully saturated rings. The van der Waals surface area contributed by atoms with Crippen LogP contribution in [-0.2, 0) is 23.1 Å². The number of benzene rings is 2. The van der Waals surface area contributed by atoms with Crippen LogP contribution in [0, 0.1) is 11.8 Å². The molecule has 2 amide bonds. The number of aliphatic hydroxyl groups excluding tert-OH is 1. The highest BCUT2D eigenvalue weighted by Gasteiger charge is 2.34. The first-order valence-electron chi connectivity index (χ1n) is 13.7. The number of hydrogen-bond donors (Lipinski definition) is 1. The fraction of sp³-hybridized carbons (Fsp3) is 0.484. The molecule has 3 atom stereocenters. The molecule has 39 heavy (non-hydrogen) atoms. The van der Waals surface area contributed by atoms with Gasteiger partial charge in [-0.15, -0.1) is 0 Å². The van der Waals surface area contributed by atoms with E-state index >= 15 is 0 Å². The van der Waals surface area contributed by atoms with Crippen molar-refractivity contribution in [3.63, 3.8) is 0 Å². The van der Waals surface area contributed by atoms with Gasteiger partial charge in [0, 0.05) is 43.0 Å². The summed E-state index contributed by atoms with van der Waals surface area (Å²) < 4.78 is 13.9. The predicted molar refractivity (Wildman–Crippen MR) is 152 cm³/mol. The SMILES string of the molecule is CC(C)COC(=O)N(C)C[C@H]1OCc2ccccc2-c2c(n(C)c3ccccc23)C(=O)N([C@H](C)CO)C[C@@H]1C. The molecule has 4 rings (SSSR count). The van der Waals surface area contributed by atoms with E-state index in [4.69, 9.17) is 9.47 Å². The maximum absolute atomic E-state index is 14.4. The molecule has 2 aromatic carbocycles. The van der Waals surface area contributed by atoms with Crippen molar-refractivity contribution < 1.29 is 24.2 Å². The van der Waals surface area contributed by atoms with Crippen LogP contribution in [0.5, 0.6) is 0 Å². The number of aliphatic hydroxyl groups is 1. The summed E-state index contributed by atoms with van der Waals surface area (Å²) >= 11 is 0. The lowest BCUT2D eigenvalue weighted by molar-refractivity contribution is -0.0235. The average molecular weight is 536 g/mol. The lowest BCUT2D eigenvalue weighted by Gasteiger charge is -2.35. The lowest BCUT2D eigenvalue weighted by atomic mass is 9.96. The molecule has 1 N–H and O–H groups in total. The van der Waals surface area contributed by atoms with E-state index in [0.29, 0.717) is 32.0 Å². The minimum atomic E-state index is -0.406. The average Bonchev–Trinajstić information content (AvgIpc) is 3.22. The van der Waals surface area contributed by atoms with Crippen molar-refractivity contribution in [3.8, 4) is 11.1 Å². The largest absolute Gasteiger partial charge is 0.449 e. The van der Waals surface area contributed by atoms with E-state index in [9.17, 15) is 14.7 Å². The highest BCUT2D eigenvalue weighted by molar-refractivity contribution is 6.10. The van der Waals surface area contributed by atoms with Gasteiger partial charge in [-0.3, -0.25) is 4.79 Å². The van der Waals surface area contributed by atoms with Gasteiger partial charge in [-0.05, 0) is 30.0 Å². The molecule has 8 heteroatoms. The first kappa shape index (κ1) is 28.6. The van der Waals surface area contributed by atoms with Crippen LogP contribution in [0.3, 0.4) is 0 Å². The van der Waals surface area contributed by atoms with Crippen molar-refractivity contribution in [2.24, 2.45) is 18.9 Å². The molecule has 3 aromatic rings. The van der Waals surface area contributed by atoms with Gasteiger partial charge in [-0.1, -0.05) is 63.2 Å². The number of carbonyl (C=O) groups is 2. The van der Waals surface area contributed by atoms with E-state index in [-0.39, 0.29) is 30.5 Å². The van der Waals surface area contributed by atoms with Gasteiger partial charge < -0.3 is 28.9 Å². The lowest BCUT2D eigenvalue weighted by Crippen LogP contribution is -2.48. The van der Waals surface area contributed by atoms with Crippen LogP contribution in [0.25, 0.3) is 22.0 Å². The quantitative estimate of drug-likeness (QED) is 0.484. The molecule has 0 saturated carbocycles. The zero-order chi connectivity index (χ0) is 28.3. The molecule has 210 valence electrons. The van der Waals surface area contributed by atoms with Crippen LogP contribution in [0.4, 0.5) is 4.79 Å². The van der Waals surface area contributed by atoms with E-state index in [1.165, 1.54) is 0 Å². The molecule has 0 spiro atoms. The molecule has 0 aliphatic carbocycles. The van der Waals surface area contributed by atoms with E-state index in [2.05, 4.69) is 0 Å². The molecule has 1 aromatic heterocycles. The van der Waals surface area contributed by atoms with Gasteiger partial charge in [-0.25, -0.2) is 4.79 Å². The van der Waals surface area contributed by atoms with Crippen molar-refractivity contribution in [2.75, 3.05) is 33.4 Å². The summed E-state index contributed by atoms with van der Waals surface area (Å²) in [5.74, 6) is -0.0346. The number of aromatic nitrogens is 1. The predicted octanol–water partition coefficient (Wildman–Crippen LogP) is 4.93. The Balaban J connectivity index is 1.80. The van der Waals surface area contributed by atoms with Gasteiger partial charge in [0.15, 0.2) is 0 Å². The molecule has 0 bridgehead atoms. The Bertz CT molecular complexity index is 1320. The molecule has 1 aliphatic heterocycles. The second kappa shape index (κ2) is 12.2. The van der Waals surface area contributed by atoms with Gasteiger partial charge in [0.2, 0.25) is 0 Å². The van der Waals surface area contributed by atoms with Crippen LogP contribution >= 0.6 is 0 Å².